The van der Waals surface area contributed by atoms with Gasteiger partial charge in [0.25, 0.3) is 0 Å². The highest BCUT2D eigenvalue weighted by atomic mass is 14.2. The van der Waals surface area contributed by atoms with Gasteiger partial charge in [0.2, 0.25) is 0 Å². The van der Waals surface area contributed by atoms with Gasteiger partial charge in [0.05, 0.1) is 0 Å². The van der Waals surface area contributed by atoms with Crippen molar-refractivity contribution < 1.29 is 0 Å². The van der Waals surface area contributed by atoms with Crippen LogP contribution in [0.4, 0.5) is 0 Å². The van der Waals surface area contributed by atoms with Crippen molar-refractivity contribution in [1.82, 2.24) is 0 Å². The Labute approximate surface area is 193 Å². The summed E-state index contributed by atoms with van der Waals surface area (Å²) in [5.74, 6) is 0.843. The van der Waals surface area contributed by atoms with Crippen molar-refractivity contribution in [2.45, 2.75) is 169 Å². The summed E-state index contributed by atoms with van der Waals surface area (Å²) in [5.41, 5.74) is 0.520. The zero-order valence-corrected chi connectivity index (χ0v) is 22.1. The van der Waals surface area contributed by atoms with Crippen LogP contribution in [-0.4, -0.2) is 0 Å². The summed E-state index contributed by atoms with van der Waals surface area (Å²) in [7, 11) is 0. The summed E-state index contributed by atoms with van der Waals surface area (Å²) < 4.78 is 0. The standard InChI is InChI=1S/C30H60/c1-6-9-12-15-17-19-24-29(25-20-18-16-13-10-7-2)26-21-23-28-30(4,5)27-22-14-11-8-3/h21,26,29H,6-20,22-25,27-28H2,1-5H3/b26-21+. The molecular formula is C30H60. The molecular weight excluding hydrogens is 360 g/mol. The van der Waals surface area contributed by atoms with Gasteiger partial charge >= 0.3 is 0 Å². The third-order valence-corrected chi connectivity index (χ3v) is 6.96. The van der Waals surface area contributed by atoms with Crippen LogP contribution in [0.1, 0.15) is 169 Å². The first-order valence-corrected chi connectivity index (χ1v) is 14.2. The Morgan fingerprint density at radius 3 is 1.47 bits per heavy atom. The Morgan fingerprint density at radius 2 is 0.967 bits per heavy atom. The van der Waals surface area contributed by atoms with Gasteiger partial charge in [-0.05, 0) is 43.4 Å². The monoisotopic (exact) mass is 420 g/mol. The number of unbranched alkanes of at least 4 members (excludes halogenated alkanes) is 13. The van der Waals surface area contributed by atoms with E-state index in [-0.39, 0.29) is 0 Å². The van der Waals surface area contributed by atoms with Gasteiger partial charge in [0.1, 0.15) is 0 Å². The normalized spacial score (nSPS) is 12.5. The Morgan fingerprint density at radius 1 is 0.533 bits per heavy atom. The summed E-state index contributed by atoms with van der Waals surface area (Å²) in [6, 6.07) is 0. The molecule has 0 radical (unpaired) electrons. The molecule has 0 aromatic heterocycles. The van der Waals surface area contributed by atoms with Gasteiger partial charge in [0, 0.05) is 0 Å². The second kappa shape index (κ2) is 22.0. The first-order valence-electron chi connectivity index (χ1n) is 14.2. The van der Waals surface area contributed by atoms with E-state index in [4.69, 9.17) is 0 Å². The molecule has 0 aliphatic rings. The van der Waals surface area contributed by atoms with Crippen molar-refractivity contribution in [2.24, 2.45) is 11.3 Å². The average molecular weight is 421 g/mol. The van der Waals surface area contributed by atoms with Gasteiger partial charge in [-0.25, -0.2) is 0 Å². The van der Waals surface area contributed by atoms with E-state index in [0.717, 1.165) is 5.92 Å². The molecule has 0 N–H and O–H groups in total. The summed E-state index contributed by atoms with van der Waals surface area (Å²) in [5, 5.41) is 0. The van der Waals surface area contributed by atoms with Crippen molar-refractivity contribution in [3.05, 3.63) is 12.2 Å². The van der Waals surface area contributed by atoms with E-state index in [2.05, 4.69) is 46.8 Å². The fourth-order valence-electron chi connectivity index (χ4n) is 4.63. The Hall–Kier alpha value is -0.260. The van der Waals surface area contributed by atoms with Crippen LogP contribution in [0.3, 0.4) is 0 Å². The van der Waals surface area contributed by atoms with Gasteiger partial charge in [-0.2, -0.15) is 0 Å². The van der Waals surface area contributed by atoms with Crippen LogP contribution in [0.2, 0.25) is 0 Å². The summed E-state index contributed by atoms with van der Waals surface area (Å²) in [4.78, 5) is 0. The molecule has 0 nitrogen and oxygen atoms in total. The fraction of sp³-hybridized carbons (Fsp3) is 0.933. The minimum Gasteiger partial charge on any atom is -0.0882 e. The fourth-order valence-corrected chi connectivity index (χ4v) is 4.63. The predicted octanol–water partition coefficient (Wildman–Crippen LogP) is 11.4. The highest BCUT2D eigenvalue weighted by molar-refractivity contribution is 4.89. The first-order chi connectivity index (χ1) is 14.6. The molecule has 0 saturated heterocycles. The second-order valence-electron chi connectivity index (χ2n) is 10.8. The number of allylic oxidation sites excluding steroid dienone is 2. The smallest absolute Gasteiger partial charge is 0.0234 e. The number of hydrogen-bond acceptors (Lipinski definition) is 0. The molecule has 0 aliphatic carbocycles. The van der Waals surface area contributed by atoms with Gasteiger partial charge < -0.3 is 0 Å². The highest BCUT2D eigenvalue weighted by Gasteiger charge is 2.16. The molecule has 0 rings (SSSR count). The van der Waals surface area contributed by atoms with Crippen molar-refractivity contribution in [1.29, 1.82) is 0 Å². The predicted molar refractivity (Wildman–Crippen MR) is 140 cm³/mol. The number of rotatable bonds is 23. The van der Waals surface area contributed by atoms with Crippen LogP contribution in [-0.2, 0) is 0 Å². The number of hydrogen-bond donors (Lipinski definition) is 0. The average Bonchev–Trinajstić information content (AvgIpc) is 2.73. The van der Waals surface area contributed by atoms with Crippen molar-refractivity contribution in [2.75, 3.05) is 0 Å². The topological polar surface area (TPSA) is 0 Å². The Bertz CT molecular complexity index is 335. The summed E-state index contributed by atoms with van der Waals surface area (Å²) in [6.45, 7) is 11.9. The molecule has 0 bridgehead atoms. The van der Waals surface area contributed by atoms with Crippen molar-refractivity contribution in [3.63, 3.8) is 0 Å². The van der Waals surface area contributed by atoms with Crippen LogP contribution in [0.5, 0.6) is 0 Å². The largest absolute Gasteiger partial charge is 0.0882 e. The quantitative estimate of drug-likeness (QED) is 0.114. The lowest BCUT2D eigenvalue weighted by Crippen LogP contribution is -2.10. The van der Waals surface area contributed by atoms with Crippen LogP contribution in [0.15, 0.2) is 12.2 Å². The van der Waals surface area contributed by atoms with Crippen molar-refractivity contribution in [3.8, 4) is 0 Å². The lowest BCUT2D eigenvalue weighted by molar-refractivity contribution is 0.296. The SMILES string of the molecule is CCCCCCCCC(/C=C/CCC(C)(C)CCCCCC)CCCCCCCC. The van der Waals surface area contributed by atoms with Crippen LogP contribution in [0, 0.1) is 11.3 Å². The third-order valence-electron chi connectivity index (χ3n) is 6.96. The van der Waals surface area contributed by atoms with Crippen LogP contribution >= 0.6 is 0 Å². The highest BCUT2D eigenvalue weighted by Crippen LogP contribution is 2.30. The second-order valence-corrected chi connectivity index (χ2v) is 10.8. The minimum atomic E-state index is 0.520. The van der Waals surface area contributed by atoms with E-state index in [1.807, 2.05) is 0 Å². The third kappa shape index (κ3) is 21.0. The molecule has 30 heavy (non-hydrogen) atoms. The van der Waals surface area contributed by atoms with Crippen molar-refractivity contribution >= 4 is 0 Å². The van der Waals surface area contributed by atoms with Gasteiger partial charge in [0.15, 0.2) is 0 Å². The van der Waals surface area contributed by atoms with E-state index < -0.39 is 0 Å². The van der Waals surface area contributed by atoms with Crippen LogP contribution in [0.25, 0.3) is 0 Å². The molecule has 0 aromatic rings. The minimum absolute atomic E-state index is 0.520. The molecule has 0 heterocycles. The first kappa shape index (κ1) is 29.7. The molecule has 0 saturated carbocycles. The van der Waals surface area contributed by atoms with Crippen LogP contribution < -0.4 is 0 Å². The Kier molecular flexibility index (Phi) is 21.8. The Balaban J connectivity index is 4.20. The summed E-state index contributed by atoms with van der Waals surface area (Å²) >= 11 is 0. The van der Waals surface area contributed by atoms with E-state index in [1.54, 1.807) is 0 Å². The molecule has 0 aromatic carbocycles. The summed E-state index contributed by atoms with van der Waals surface area (Å²) in [6.07, 6.45) is 34.8. The lowest BCUT2D eigenvalue weighted by Gasteiger charge is -2.24. The maximum atomic E-state index is 2.62. The maximum Gasteiger partial charge on any atom is -0.0234 e. The molecule has 0 heteroatoms. The molecule has 0 aliphatic heterocycles. The van der Waals surface area contributed by atoms with Gasteiger partial charge in [-0.15, -0.1) is 0 Å². The maximum absolute atomic E-state index is 2.62. The van der Waals surface area contributed by atoms with Gasteiger partial charge in [-0.1, -0.05) is 150 Å². The molecule has 0 atom stereocenters. The lowest BCUT2D eigenvalue weighted by atomic mass is 9.82. The molecule has 180 valence electrons. The van der Waals surface area contributed by atoms with E-state index in [1.165, 1.54) is 135 Å². The van der Waals surface area contributed by atoms with Gasteiger partial charge in [-0.3, -0.25) is 0 Å². The molecule has 0 fully saturated rings. The zero-order valence-electron chi connectivity index (χ0n) is 22.1. The van der Waals surface area contributed by atoms with E-state index in [9.17, 15) is 0 Å². The van der Waals surface area contributed by atoms with E-state index >= 15 is 0 Å². The molecule has 0 amide bonds. The van der Waals surface area contributed by atoms with E-state index in [0.29, 0.717) is 5.41 Å². The molecule has 0 unspecified atom stereocenters. The zero-order chi connectivity index (χ0) is 22.3. The molecule has 0 spiro atoms.